The maximum Gasteiger partial charge on any atom is 1.00 e. The molecule has 0 N–H and O–H groups in total. The minimum atomic E-state index is -4.17. The molecule has 0 unspecified atom stereocenters. The zero-order valence-electron chi connectivity index (χ0n) is 12.5. The van der Waals surface area contributed by atoms with Gasteiger partial charge in [-0.2, -0.15) is 0 Å². The maximum absolute atomic E-state index is 10.6. The molecule has 2 aromatic carbocycles. The number of ether oxygens (including phenoxy) is 1. The van der Waals surface area contributed by atoms with Crippen LogP contribution in [0, 0.1) is 0 Å². The first-order valence-corrected chi connectivity index (χ1v) is 8.04. The van der Waals surface area contributed by atoms with Gasteiger partial charge in [-0.25, -0.2) is 8.42 Å². The number of aryl methyl sites for hydroxylation is 1. The van der Waals surface area contributed by atoms with Gasteiger partial charge in [-0.15, -0.1) is 0 Å². The number of rotatable bonds is 5. The third kappa shape index (κ3) is 5.96. The van der Waals surface area contributed by atoms with E-state index in [-0.39, 0.29) is 47.8 Å². The topological polar surface area (TPSA) is 66.4 Å². The normalized spacial score (nSPS) is 11.4. The Kier molecular flexibility index (Phi) is 6.69. The van der Waals surface area contributed by atoms with Crippen molar-refractivity contribution >= 4 is 20.9 Å². The van der Waals surface area contributed by atoms with Crippen molar-refractivity contribution in [2.24, 2.45) is 0 Å². The summed E-state index contributed by atoms with van der Waals surface area (Å²) in [5.74, 6) is 0.440. The second-order valence-electron chi connectivity index (χ2n) is 5.02. The minimum Gasteiger partial charge on any atom is -0.748 e. The number of fused-ring (bicyclic) bond motifs is 1. The van der Waals surface area contributed by atoms with Gasteiger partial charge >= 0.3 is 29.6 Å². The molecule has 108 valence electrons. The third-order valence-electron chi connectivity index (χ3n) is 2.89. The molecule has 0 aliphatic carbocycles. The molecule has 0 aliphatic rings. The van der Waals surface area contributed by atoms with Crippen LogP contribution in [-0.4, -0.2) is 24.8 Å². The quantitative estimate of drug-likeness (QED) is 0.562. The monoisotopic (exact) mass is 316 g/mol. The van der Waals surface area contributed by atoms with Gasteiger partial charge in [-0.3, -0.25) is 0 Å². The fourth-order valence-electron chi connectivity index (χ4n) is 2.02. The number of hydrogen-bond acceptors (Lipinski definition) is 4. The van der Waals surface area contributed by atoms with E-state index in [0.29, 0.717) is 0 Å². The van der Waals surface area contributed by atoms with Crippen molar-refractivity contribution in [2.75, 3.05) is 5.75 Å². The number of hydrogen-bond donors (Lipinski definition) is 0. The van der Waals surface area contributed by atoms with E-state index in [9.17, 15) is 13.0 Å². The molecule has 0 atom stereocenters. The van der Waals surface area contributed by atoms with Crippen LogP contribution >= 0.6 is 0 Å². The van der Waals surface area contributed by atoms with Crippen LogP contribution in [-0.2, 0) is 16.5 Å². The van der Waals surface area contributed by atoms with Crippen LogP contribution in [0.4, 0.5) is 0 Å². The van der Waals surface area contributed by atoms with Gasteiger partial charge in [0.05, 0.1) is 16.2 Å². The van der Waals surface area contributed by atoms with Gasteiger partial charge in [0.1, 0.15) is 5.75 Å². The molecule has 0 aromatic heterocycles. The summed E-state index contributed by atoms with van der Waals surface area (Å²) < 4.78 is 37.6. The van der Waals surface area contributed by atoms with Crippen LogP contribution in [0.15, 0.2) is 36.4 Å². The molecule has 6 heteroatoms. The average molecular weight is 316 g/mol. The van der Waals surface area contributed by atoms with Crippen molar-refractivity contribution in [3.8, 4) is 5.75 Å². The van der Waals surface area contributed by atoms with Gasteiger partial charge < -0.3 is 9.29 Å². The number of benzene rings is 2. The largest absolute Gasteiger partial charge is 1.00 e. The molecule has 0 saturated heterocycles. The zero-order chi connectivity index (χ0) is 14.8. The van der Waals surface area contributed by atoms with E-state index < -0.39 is 10.1 Å². The zero-order valence-corrected chi connectivity index (χ0v) is 15.3. The Morgan fingerprint density at radius 2 is 1.71 bits per heavy atom. The van der Waals surface area contributed by atoms with Crippen molar-refractivity contribution < 1.29 is 47.3 Å². The van der Waals surface area contributed by atoms with Crippen molar-refractivity contribution in [3.05, 3.63) is 42.0 Å². The van der Waals surface area contributed by atoms with Crippen LogP contribution < -0.4 is 34.3 Å². The predicted molar refractivity (Wildman–Crippen MR) is 78.0 cm³/mol. The summed E-state index contributed by atoms with van der Waals surface area (Å²) in [7, 11) is -4.17. The second-order valence-corrected chi connectivity index (χ2v) is 6.55. The van der Waals surface area contributed by atoms with Crippen LogP contribution in [0.3, 0.4) is 0 Å². The molecular formula is C15H17NaO4S. The molecule has 0 amide bonds. The van der Waals surface area contributed by atoms with E-state index in [1.165, 1.54) is 0 Å². The molecule has 4 nitrogen and oxygen atoms in total. The van der Waals surface area contributed by atoms with Crippen LogP contribution in [0.25, 0.3) is 10.8 Å². The van der Waals surface area contributed by atoms with Gasteiger partial charge in [-0.05, 0) is 48.7 Å². The van der Waals surface area contributed by atoms with Crippen molar-refractivity contribution in [3.63, 3.8) is 0 Å². The minimum absolute atomic E-state index is 0. The maximum atomic E-state index is 10.6. The van der Waals surface area contributed by atoms with Gasteiger partial charge in [0.2, 0.25) is 0 Å². The molecular weight excluding hydrogens is 299 g/mol. The van der Waals surface area contributed by atoms with E-state index in [0.717, 1.165) is 22.1 Å². The van der Waals surface area contributed by atoms with Crippen molar-refractivity contribution in [1.82, 2.24) is 0 Å². The summed E-state index contributed by atoms with van der Waals surface area (Å²) in [5.41, 5.74) is 0.842. The van der Waals surface area contributed by atoms with E-state index in [2.05, 4.69) is 0 Å². The fraction of sp³-hybridized carbons (Fsp3) is 0.333. The molecule has 0 bridgehead atoms. The van der Waals surface area contributed by atoms with Crippen molar-refractivity contribution in [1.29, 1.82) is 0 Å². The molecule has 0 radical (unpaired) electrons. The Morgan fingerprint density at radius 3 is 2.33 bits per heavy atom. The van der Waals surface area contributed by atoms with Gasteiger partial charge in [0.15, 0.2) is 0 Å². The standard InChI is InChI=1S/C15H18O4S.Na/c1-11(2)19-15-6-5-13-9-12(3-4-14(13)10-15)7-8-20(16,17)18;/h3-6,9-11H,7-8H2,1-2H3,(H,16,17,18);/q;+1/p-1. The molecule has 0 heterocycles. The molecule has 21 heavy (non-hydrogen) atoms. The van der Waals surface area contributed by atoms with E-state index in [1.807, 2.05) is 50.2 Å². The van der Waals surface area contributed by atoms with Crippen LogP contribution in [0.5, 0.6) is 5.75 Å². The Morgan fingerprint density at radius 1 is 1.10 bits per heavy atom. The first-order valence-electron chi connectivity index (χ1n) is 6.46. The smallest absolute Gasteiger partial charge is 0.748 e. The van der Waals surface area contributed by atoms with Crippen molar-refractivity contribution in [2.45, 2.75) is 26.4 Å². The van der Waals surface area contributed by atoms with E-state index >= 15 is 0 Å². The molecule has 0 aliphatic heterocycles. The molecule has 0 fully saturated rings. The first-order chi connectivity index (χ1) is 9.33. The van der Waals surface area contributed by atoms with Gasteiger partial charge in [0.25, 0.3) is 0 Å². The summed E-state index contributed by atoms with van der Waals surface area (Å²) in [6.07, 6.45) is 0.362. The van der Waals surface area contributed by atoms with Gasteiger partial charge in [-0.1, -0.05) is 24.3 Å². The summed E-state index contributed by atoms with van der Waals surface area (Å²) in [4.78, 5) is 0. The predicted octanol–water partition coefficient (Wildman–Crippen LogP) is -0.281. The third-order valence-corrected chi connectivity index (χ3v) is 3.59. The van der Waals surface area contributed by atoms with Gasteiger partial charge in [0, 0.05) is 5.75 Å². The Hall–Kier alpha value is -0.590. The van der Waals surface area contributed by atoms with Crippen LogP contribution in [0.1, 0.15) is 19.4 Å². The van der Waals surface area contributed by atoms with E-state index in [4.69, 9.17) is 4.74 Å². The SMILES string of the molecule is CC(C)Oc1ccc2cc(CCS(=O)(=O)[O-])ccc2c1.[Na+]. The fourth-order valence-corrected chi connectivity index (χ4v) is 2.50. The average Bonchev–Trinajstić information content (AvgIpc) is 2.34. The Balaban J connectivity index is 0.00000220. The molecule has 0 spiro atoms. The molecule has 0 saturated carbocycles. The summed E-state index contributed by atoms with van der Waals surface area (Å²) in [6.45, 7) is 3.94. The van der Waals surface area contributed by atoms with Crippen LogP contribution in [0.2, 0.25) is 0 Å². The Bertz CT molecular complexity index is 711. The first kappa shape index (κ1) is 18.5. The van der Waals surface area contributed by atoms with E-state index in [1.54, 1.807) is 0 Å². The second kappa shape index (κ2) is 7.61. The summed E-state index contributed by atoms with van der Waals surface area (Å²) >= 11 is 0. The summed E-state index contributed by atoms with van der Waals surface area (Å²) in [6, 6.07) is 11.4. The summed E-state index contributed by atoms with van der Waals surface area (Å²) in [5, 5.41) is 2.03. The Labute approximate surface area is 147 Å². The molecule has 2 rings (SSSR count). The molecule has 2 aromatic rings.